The quantitative estimate of drug-likeness (QED) is 0.531. The highest BCUT2D eigenvalue weighted by Crippen LogP contribution is 2.26. The third-order valence-electron chi connectivity index (χ3n) is 1.07. The van der Waals surface area contributed by atoms with Crippen LogP contribution in [0.5, 0.6) is 0 Å². The summed E-state index contributed by atoms with van der Waals surface area (Å²) in [6, 6.07) is 0. The van der Waals surface area contributed by atoms with Crippen LogP contribution in [0.2, 0.25) is 0 Å². The second kappa shape index (κ2) is 3.68. The Balaban J connectivity index is 3.58. The summed E-state index contributed by atoms with van der Waals surface area (Å²) >= 11 is 2.13. The van der Waals surface area contributed by atoms with E-state index in [1.165, 1.54) is 0 Å². The average Bonchev–Trinajstić information content (AvgIpc) is 1.63. The second-order valence-corrected chi connectivity index (χ2v) is 3.66. The van der Waals surface area contributed by atoms with E-state index in [0.717, 1.165) is 4.43 Å². The summed E-state index contributed by atoms with van der Waals surface area (Å²) in [5.41, 5.74) is -0.200. The number of alkyl halides is 3. The van der Waals surface area contributed by atoms with E-state index in [1.54, 1.807) is 0 Å². The van der Waals surface area contributed by atoms with Gasteiger partial charge in [-0.2, -0.15) is 0 Å². The molecule has 0 aliphatic carbocycles. The molecule has 0 saturated heterocycles. The molecule has 56 valence electrons. The number of hydrogen-bond acceptors (Lipinski definition) is 0. The van der Waals surface area contributed by atoms with Gasteiger partial charge in [-0.25, -0.2) is 8.78 Å². The molecule has 0 fully saturated rings. The van der Waals surface area contributed by atoms with Crippen LogP contribution >= 0.6 is 22.6 Å². The molecule has 0 rings (SSSR count). The number of halogens is 3. The Morgan fingerprint density at radius 3 is 2.00 bits per heavy atom. The van der Waals surface area contributed by atoms with Gasteiger partial charge in [0.25, 0.3) is 0 Å². The third-order valence-corrected chi connectivity index (χ3v) is 3.13. The minimum Gasteiger partial charge on any atom is -0.211 e. The van der Waals surface area contributed by atoms with Crippen LogP contribution in [0.4, 0.5) is 8.78 Å². The van der Waals surface area contributed by atoms with Crippen molar-refractivity contribution in [3.05, 3.63) is 0 Å². The smallest absolute Gasteiger partial charge is 0.211 e. The van der Waals surface area contributed by atoms with Crippen molar-refractivity contribution in [3.63, 3.8) is 0 Å². The zero-order valence-electron chi connectivity index (χ0n) is 5.63. The lowest BCUT2D eigenvalue weighted by Gasteiger charge is -2.20. The molecule has 0 amide bonds. The van der Waals surface area contributed by atoms with Crippen LogP contribution in [0, 0.1) is 5.41 Å². The molecule has 0 nitrogen and oxygen atoms in total. The zero-order chi connectivity index (χ0) is 7.49. The number of rotatable bonds is 3. The molecule has 0 aromatic heterocycles. The van der Waals surface area contributed by atoms with E-state index in [0.29, 0.717) is 0 Å². The lowest BCUT2D eigenvalue weighted by molar-refractivity contribution is 0.0970. The Hall–Kier alpha value is 0.590. The molecule has 0 spiro atoms. The van der Waals surface area contributed by atoms with Gasteiger partial charge in [0.2, 0.25) is 6.43 Å². The molecule has 0 heterocycles. The second-order valence-electron chi connectivity index (χ2n) is 2.89. The molecular weight excluding hydrogens is 237 g/mol. The predicted octanol–water partition coefficient (Wildman–Crippen LogP) is 3.10. The standard InChI is InChI=1S/C6H11F2I/c1-6(2,4-9)3-5(7)8/h5H,3-4H2,1-2H3. The first-order valence-corrected chi connectivity index (χ1v) is 4.34. The van der Waals surface area contributed by atoms with Crippen molar-refractivity contribution in [2.45, 2.75) is 26.7 Å². The van der Waals surface area contributed by atoms with E-state index >= 15 is 0 Å². The summed E-state index contributed by atoms with van der Waals surface area (Å²) in [6.45, 7) is 3.71. The van der Waals surface area contributed by atoms with Crippen LogP contribution in [-0.2, 0) is 0 Å². The summed E-state index contributed by atoms with van der Waals surface area (Å²) in [6.07, 6.45) is -2.15. The van der Waals surface area contributed by atoms with E-state index in [4.69, 9.17) is 0 Å². The molecule has 0 aliphatic rings. The van der Waals surface area contributed by atoms with Crippen LogP contribution in [0.15, 0.2) is 0 Å². The Labute approximate surface area is 68.2 Å². The topological polar surface area (TPSA) is 0 Å². The van der Waals surface area contributed by atoms with Crippen LogP contribution in [0.3, 0.4) is 0 Å². The summed E-state index contributed by atoms with van der Waals surface area (Å²) in [5.74, 6) is 0. The van der Waals surface area contributed by atoms with Gasteiger partial charge in [0.15, 0.2) is 0 Å². The Kier molecular flexibility index (Phi) is 3.93. The minimum atomic E-state index is -2.16. The Bertz CT molecular complexity index is 81.1. The van der Waals surface area contributed by atoms with Gasteiger partial charge in [0.05, 0.1) is 0 Å². The highest BCUT2D eigenvalue weighted by molar-refractivity contribution is 14.1. The average molecular weight is 248 g/mol. The van der Waals surface area contributed by atoms with Crippen molar-refractivity contribution in [2.24, 2.45) is 5.41 Å². The fourth-order valence-electron chi connectivity index (χ4n) is 0.472. The highest BCUT2D eigenvalue weighted by Gasteiger charge is 2.20. The van der Waals surface area contributed by atoms with E-state index in [9.17, 15) is 8.78 Å². The molecule has 0 radical (unpaired) electrons. The molecule has 0 aromatic rings. The van der Waals surface area contributed by atoms with E-state index in [2.05, 4.69) is 22.6 Å². The van der Waals surface area contributed by atoms with Crippen molar-refractivity contribution < 1.29 is 8.78 Å². The first kappa shape index (κ1) is 9.59. The third kappa shape index (κ3) is 5.06. The van der Waals surface area contributed by atoms with E-state index < -0.39 is 6.43 Å². The largest absolute Gasteiger partial charge is 0.239 e. The highest BCUT2D eigenvalue weighted by atomic mass is 127. The van der Waals surface area contributed by atoms with Crippen molar-refractivity contribution in [1.82, 2.24) is 0 Å². The molecular formula is C6H11F2I. The van der Waals surface area contributed by atoms with Gasteiger partial charge in [-0.1, -0.05) is 36.4 Å². The summed E-state index contributed by atoms with van der Waals surface area (Å²) in [5, 5.41) is 0. The monoisotopic (exact) mass is 248 g/mol. The maximum Gasteiger partial charge on any atom is 0.239 e. The summed E-state index contributed by atoms with van der Waals surface area (Å²) in [4.78, 5) is 0. The lowest BCUT2D eigenvalue weighted by Crippen LogP contribution is -2.16. The first-order valence-electron chi connectivity index (χ1n) is 2.82. The van der Waals surface area contributed by atoms with Gasteiger partial charge in [0.1, 0.15) is 0 Å². The van der Waals surface area contributed by atoms with Crippen molar-refractivity contribution >= 4 is 22.6 Å². The first-order chi connectivity index (χ1) is 3.98. The van der Waals surface area contributed by atoms with Crippen molar-refractivity contribution in [2.75, 3.05) is 4.43 Å². The van der Waals surface area contributed by atoms with Gasteiger partial charge in [0, 0.05) is 10.8 Å². The van der Waals surface area contributed by atoms with Crippen LogP contribution < -0.4 is 0 Å². The molecule has 0 saturated carbocycles. The molecule has 0 atom stereocenters. The van der Waals surface area contributed by atoms with Gasteiger partial charge in [-0.3, -0.25) is 0 Å². The van der Waals surface area contributed by atoms with Gasteiger partial charge in [-0.15, -0.1) is 0 Å². The van der Waals surface area contributed by atoms with Gasteiger partial charge >= 0.3 is 0 Å². The summed E-state index contributed by atoms with van der Waals surface area (Å²) < 4.78 is 24.2. The van der Waals surface area contributed by atoms with Crippen LogP contribution in [-0.4, -0.2) is 10.9 Å². The summed E-state index contributed by atoms with van der Waals surface area (Å²) in [7, 11) is 0. The lowest BCUT2D eigenvalue weighted by atomic mass is 9.93. The van der Waals surface area contributed by atoms with Gasteiger partial charge in [-0.05, 0) is 5.41 Å². The van der Waals surface area contributed by atoms with E-state index in [1.807, 2.05) is 13.8 Å². The fraction of sp³-hybridized carbons (Fsp3) is 1.00. The SMILES string of the molecule is CC(C)(CI)CC(F)F. The molecule has 0 unspecified atom stereocenters. The van der Waals surface area contributed by atoms with Crippen LogP contribution in [0.1, 0.15) is 20.3 Å². The van der Waals surface area contributed by atoms with Crippen molar-refractivity contribution in [1.29, 1.82) is 0 Å². The Morgan fingerprint density at radius 1 is 1.44 bits per heavy atom. The molecule has 0 aliphatic heterocycles. The van der Waals surface area contributed by atoms with Crippen LogP contribution in [0.25, 0.3) is 0 Å². The Morgan fingerprint density at radius 2 is 1.89 bits per heavy atom. The molecule has 0 N–H and O–H groups in total. The maximum atomic E-state index is 11.7. The number of hydrogen-bond donors (Lipinski definition) is 0. The fourth-order valence-corrected chi connectivity index (χ4v) is 0.784. The predicted molar refractivity (Wildman–Crippen MR) is 43.3 cm³/mol. The normalized spacial score (nSPS) is 12.7. The minimum absolute atomic E-state index is 0.00986. The molecule has 9 heavy (non-hydrogen) atoms. The van der Waals surface area contributed by atoms with Crippen molar-refractivity contribution in [3.8, 4) is 0 Å². The van der Waals surface area contributed by atoms with E-state index in [-0.39, 0.29) is 11.8 Å². The molecule has 3 heteroatoms. The zero-order valence-corrected chi connectivity index (χ0v) is 7.78. The molecule has 0 bridgehead atoms. The van der Waals surface area contributed by atoms with Gasteiger partial charge < -0.3 is 0 Å². The molecule has 0 aromatic carbocycles. The maximum absolute atomic E-state index is 11.7.